The largest absolute Gasteiger partial charge is 0.493 e. The molecule has 1 aliphatic rings. The molecule has 144 valence electrons. The number of nitrogens with two attached hydrogens (primary N) is 1. The van der Waals surface area contributed by atoms with Gasteiger partial charge in [0.2, 0.25) is 5.95 Å². The van der Waals surface area contributed by atoms with Crippen LogP contribution in [0.4, 0.5) is 4.39 Å². The summed E-state index contributed by atoms with van der Waals surface area (Å²) in [6.07, 6.45) is 5.81. The van der Waals surface area contributed by atoms with Gasteiger partial charge in [-0.1, -0.05) is 37.6 Å². The topological polar surface area (TPSA) is 72.0 Å². The minimum Gasteiger partial charge on any atom is -0.493 e. The minimum atomic E-state index is -0.458. The first-order chi connectivity index (χ1) is 13.1. The highest BCUT2D eigenvalue weighted by Gasteiger charge is 2.30. The number of aromatic nitrogens is 1. The Morgan fingerprint density at radius 1 is 1.37 bits per heavy atom. The van der Waals surface area contributed by atoms with Crippen molar-refractivity contribution in [1.82, 2.24) is 4.98 Å². The normalized spacial score (nSPS) is 18.6. The maximum absolute atomic E-state index is 14.2. The van der Waals surface area contributed by atoms with Gasteiger partial charge in [0, 0.05) is 23.4 Å². The molecule has 1 aromatic carbocycles. The molecule has 0 saturated heterocycles. The zero-order valence-electron chi connectivity index (χ0n) is 15.6. The van der Waals surface area contributed by atoms with Crippen molar-refractivity contribution in [3.63, 3.8) is 0 Å². The van der Waals surface area contributed by atoms with Crippen LogP contribution in [-0.2, 0) is 0 Å². The summed E-state index contributed by atoms with van der Waals surface area (Å²) in [5.74, 6) is 1.98. The van der Waals surface area contributed by atoms with Gasteiger partial charge in [0.15, 0.2) is 5.17 Å². The third-order valence-corrected chi connectivity index (χ3v) is 5.87. The van der Waals surface area contributed by atoms with Crippen molar-refractivity contribution in [2.24, 2.45) is 11.7 Å². The summed E-state index contributed by atoms with van der Waals surface area (Å²) in [7, 11) is 0. The van der Waals surface area contributed by atoms with Gasteiger partial charge < -0.3 is 10.5 Å². The van der Waals surface area contributed by atoms with E-state index >= 15 is 0 Å². The smallest absolute Gasteiger partial charge is 0.220 e. The Morgan fingerprint density at radius 3 is 2.96 bits per heavy atom. The number of thioether (sulfide) groups is 1. The molecule has 3 N–H and O–H groups in total. The van der Waals surface area contributed by atoms with E-state index in [1.807, 2.05) is 12.1 Å². The summed E-state index contributed by atoms with van der Waals surface area (Å²) in [4.78, 5) is 3.77. The quantitative estimate of drug-likeness (QED) is 0.390. The lowest BCUT2D eigenvalue weighted by Gasteiger charge is -2.34. The maximum atomic E-state index is 14.2. The van der Waals surface area contributed by atoms with Gasteiger partial charge in [-0.05, 0) is 54.2 Å². The Morgan fingerprint density at radius 2 is 2.22 bits per heavy atom. The van der Waals surface area contributed by atoms with Gasteiger partial charge in [-0.25, -0.2) is 4.98 Å². The third kappa shape index (κ3) is 4.80. The lowest BCUT2D eigenvalue weighted by atomic mass is 9.79. The van der Waals surface area contributed by atoms with Crippen molar-refractivity contribution in [2.75, 3.05) is 12.4 Å². The number of amidine groups is 1. The average molecular weight is 388 g/mol. The van der Waals surface area contributed by atoms with E-state index < -0.39 is 5.95 Å². The molecule has 0 fully saturated rings. The number of nitrogens with one attached hydrogen (secondary N) is 1. The molecule has 0 bridgehead atoms. The molecule has 0 amide bonds. The molecule has 1 aromatic heterocycles. The molecular formula is C21H26FN3OS. The highest BCUT2D eigenvalue weighted by Crippen LogP contribution is 2.43. The molecule has 2 atom stereocenters. The molecule has 2 heterocycles. The van der Waals surface area contributed by atoms with E-state index in [9.17, 15) is 4.39 Å². The molecule has 0 radical (unpaired) electrons. The number of nitrogens with zero attached hydrogens (tertiary/aromatic N) is 1. The molecule has 6 heteroatoms. The number of pyridine rings is 1. The minimum absolute atomic E-state index is 0.151. The Balaban J connectivity index is 1.92. The van der Waals surface area contributed by atoms with Gasteiger partial charge in [-0.2, -0.15) is 4.39 Å². The van der Waals surface area contributed by atoms with E-state index in [0.29, 0.717) is 24.0 Å². The van der Waals surface area contributed by atoms with Crippen LogP contribution in [0.3, 0.4) is 0 Å². The molecule has 4 nitrogen and oxygen atoms in total. The van der Waals surface area contributed by atoms with Crippen LogP contribution >= 0.6 is 11.8 Å². The highest BCUT2D eigenvalue weighted by molar-refractivity contribution is 8.13. The predicted molar refractivity (Wildman–Crippen MR) is 110 cm³/mol. The number of benzene rings is 1. The molecular weight excluding hydrogens is 361 g/mol. The van der Waals surface area contributed by atoms with Crippen LogP contribution in [0.5, 0.6) is 5.75 Å². The summed E-state index contributed by atoms with van der Waals surface area (Å²) in [5, 5.41) is 7.61. The molecule has 27 heavy (non-hydrogen) atoms. The second-order valence-corrected chi connectivity index (χ2v) is 8.05. The van der Waals surface area contributed by atoms with Gasteiger partial charge >= 0.3 is 0 Å². The second-order valence-electron chi connectivity index (χ2n) is 6.92. The molecule has 1 aliphatic heterocycles. The van der Waals surface area contributed by atoms with Crippen molar-refractivity contribution in [1.29, 1.82) is 5.41 Å². The van der Waals surface area contributed by atoms with Crippen molar-refractivity contribution >= 4 is 16.9 Å². The number of hydrogen-bond donors (Lipinski definition) is 2. The SMILES string of the molecule is CCCCC1COc2ccc(-c3cccnc3F)cc2[C@@H]1CCSC(=N)N. The van der Waals surface area contributed by atoms with Crippen molar-refractivity contribution in [2.45, 2.75) is 38.5 Å². The molecule has 3 rings (SSSR count). The van der Waals surface area contributed by atoms with Crippen LogP contribution in [0.25, 0.3) is 11.1 Å². The lowest BCUT2D eigenvalue weighted by Crippen LogP contribution is -2.27. The average Bonchev–Trinajstić information content (AvgIpc) is 2.67. The third-order valence-electron chi connectivity index (χ3n) is 5.12. The van der Waals surface area contributed by atoms with E-state index in [2.05, 4.69) is 18.0 Å². The van der Waals surface area contributed by atoms with E-state index in [1.165, 1.54) is 18.0 Å². The molecule has 2 aromatic rings. The summed E-state index contributed by atoms with van der Waals surface area (Å²) in [5.41, 5.74) is 7.97. The van der Waals surface area contributed by atoms with Crippen molar-refractivity contribution in [3.05, 3.63) is 48.0 Å². The fourth-order valence-electron chi connectivity index (χ4n) is 3.74. The van der Waals surface area contributed by atoms with E-state index in [1.54, 1.807) is 12.1 Å². The number of hydrogen-bond acceptors (Lipinski definition) is 4. The highest BCUT2D eigenvalue weighted by atomic mass is 32.2. The van der Waals surface area contributed by atoms with Gasteiger partial charge in [0.1, 0.15) is 5.75 Å². The Bertz CT molecular complexity index is 799. The number of fused-ring (bicyclic) bond motifs is 1. The fraction of sp³-hybridized carbons (Fsp3) is 0.429. The number of ether oxygens (including phenoxy) is 1. The van der Waals surface area contributed by atoms with Crippen LogP contribution in [0, 0.1) is 17.3 Å². The number of rotatable bonds is 7. The molecule has 0 spiro atoms. The Labute approximate surface area is 164 Å². The molecule has 0 aliphatic carbocycles. The fourth-order valence-corrected chi connectivity index (χ4v) is 4.34. The standard InChI is InChI=1S/C21H26FN3OS/c1-2-3-5-15-13-26-19-8-7-14(17-6-4-10-25-20(17)22)12-18(19)16(15)9-11-27-21(23)24/h4,6-8,10,12,15-16H,2-3,5,9,11,13H2,1H3,(H3,23,24)/t15?,16-/m1/s1. The Kier molecular flexibility index (Phi) is 6.72. The van der Waals surface area contributed by atoms with Crippen LogP contribution in [0.15, 0.2) is 36.5 Å². The zero-order valence-corrected chi connectivity index (χ0v) is 16.4. The Hall–Kier alpha value is -2.08. The van der Waals surface area contributed by atoms with Gasteiger partial charge in [-0.3, -0.25) is 5.41 Å². The van der Waals surface area contributed by atoms with E-state index in [-0.39, 0.29) is 5.17 Å². The lowest BCUT2D eigenvalue weighted by molar-refractivity contribution is 0.180. The first-order valence-electron chi connectivity index (χ1n) is 9.44. The summed E-state index contributed by atoms with van der Waals surface area (Å²) < 4.78 is 20.2. The monoisotopic (exact) mass is 387 g/mol. The number of unbranched alkanes of at least 4 members (excludes halogenated alkanes) is 1. The van der Waals surface area contributed by atoms with E-state index in [4.69, 9.17) is 15.9 Å². The van der Waals surface area contributed by atoms with Crippen LogP contribution in [0.2, 0.25) is 0 Å². The van der Waals surface area contributed by atoms with E-state index in [0.717, 1.165) is 48.3 Å². The van der Waals surface area contributed by atoms with Gasteiger partial charge in [0.25, 0.3) is 0 Å². The van der Waals surface area contributed by atoms with Crippen LogP contribution in [0.1, 0.15) is 44.1 Å². The summed E-state index contributed by atoms with van der Waals surface area (Å²) in [6, 6.07) is 9.39. The summed E-state index contributed by atoms with van der Waals surface area (Å²) >= 11 is 1.38. The first-order valence-corrected chi connectivity index (χ1v) is 10.4. The number of halogens is 1. The maximum Gasteiger partial charge on any atom is 0.220 e. The van der Waals surface area contributed by atoms with Crippen molar-refractivity contribution in [3.8, 4) is 16.9 Å². The first kappa shape index (κ1) is 19.7. The van der Waals surface area contributed by atoms with Crippen LogP contribution < -0.4 is 10.5 Å². The van der Waals surface area contributed by atoms with Gasteiger partial charge in [0.05, 0.1) is 6.61 Å². The van der Waals surface area contributed by atoms with Crippen LogP contribution in [-0.4, -0.2) is 22.5 Å². The van der Waals surface area contributed by atoms with Gasteiger partial charge in [-0.15, -0.1) is 0 Å². The second kappa shape index (κ2) is 9.22. The predicted octanol–water partition coefficient (Wildman–Crippen LogP) is 5.19. The molecule has 1 unspecified atom stereocenters. The summed E-state index contributed by atoms with van der Waals surface area (Å²) in [6.45, 7) is 2.91. The molecule has 0 saturated carbocycles. The zero-order chi connectivity index (χ0) is 19.2. The van der Waals surface area contributed by atoms with Crippen molar-refractivity contribution < 1.29 is 9.13 Å².